The van der Waals surface area contributed by atoms with Gasteiger partial charge in [0.05, 0.1) is 27.8 Å². The third kappa shape index (κ3) is 1.77. The fraction of sp³-hybridized carbons (Fsp3) is 0. The molecule has 3 nitrogen and oxygen atoms in total. The number of hydrogen-bond acceptors (Lipinski definition) is 2. The average molecular weight is 295 g/mol. The van der Waals surface area contributed by atoms with Gasteiger partial charge in [0.15, 0.2) is 0 Å². The molecule has 0 bridgehead atoms. The monoisotopic (exact) mass is 295 g/mol. The van der Waals surface area contributed by atoms with Crippen molar-refractivity contribution >= 4 is 32.8 Å². The number of imidazole rings is 1. The molecule has 0 aliphatic carbocycles. The molecular formula is C20H13N3. The SMILES string of the molecule is c1ccc2c(-n3cnc4ccccc43)c3ccccc3nc2c1. The quantitative estimate of drug-likeness (QED) is 0.419. The van der Waals surface area contributed by atoms with Gasteiger partial charge >= 0.3 is 0 Å². The number of pyridine rings is 1. The number of para-hydroxylation sites is 4. The van der Waals surface area contributed by atoms with E-state index in [9.17, 15) is 0 Å². The van der Waals surface area contributed by atoms with Gasteiger partial charge in [-0.05, 0) is 24.3 Å². The molecule has 3 aromatic carbocycles. The Hall–Kier alpha value is -3.20. The largest absolute Gasteiger partial charge is 0.297 e. The highest BCUT2D eigenvalue weighted by molar-refractivity contribution is 6.04. The molecule has 2 heterocycles. The first kappa shape index (κ1) is 12.4. The molecule has 0 N–H and O–H groups in total. The van der Waals surface area contributed by atoms with Crippen LogP contribution in [0.15, 0.2) is 79.1 Å². The summed E-state index contributed by atoms with van der Waals surface area (Å²) < 4.78 is 2.17. The van der Waals surface area contributed by atoms with Crippen LogP contribution in [0.5, 0.6) is 0 Å². The molecule has 5 aromatic rings. The van der Waals surface area contributed by atoms with Gasteiger partial charge in [-0.3, -0.25) is 4.57 Å². The summed E-state index contributed by atoms with van der Waals surface area (Å²) in [5, 5.41) is 2.27. The van der Waals surface area contributed by atoms with E-state index >= 15 is 0 Å². The molecule has 0 unspecified atom stereocenters. The molecule has 0 saturated carbocycles. The van der Waals surface area contributed by atoms with Gasteiger partial charge < -0.3 is 0 Å². The van der Waals surface area contributed by atoms with Gasteiger partial charge in [0.2, 0.25) is 0 Å². The first-order valence-electron chi connectivity index (χ1n) is 7.62. The van der Waals surface area contributed by atoms with Crippen LogP contribution in [-0.2, 0) is 0 Å². The molecule has 0 radical (unpaired) electrons. The number of aromatic nitrogens is 3. The van der Waals surface area contributed by atoms with Gasteiger partial charge in [0.25, 0.3) is 0 Å². The zero-order valence-electron chi connectivity index (χ0n) is 12.3. The van der Waals surface area contributed by atoms with E-state index in [0.29, 0.717) is 0 Å². The van der Waals surface area contributed by atoms with E-state index in [1.54, 1.807) is 0 Å². The first-order chi connectivity index (χ1) is 11.4. The molecule has 3 heteroatoms. The summed E-state index contributed by atoms with van der Waals surface area (Å²) in [5.74, 6) is 0. The fourth-order valence-corrected chi connectivity index (χ4v) is 3.21. The maximum Gasteiger partial charge on any atom is 0.100 e. The molecule has 2 aromatic heterocycles. The second-order valence-electron chi connectivity index (χ2n) is 5.60. The Morgan fingerprint density at radius 1 is 0.609 bits per heavy atom. The van der Waals surface area contributed by atoms with Crippen molar-refractivity contribution in [3.05, 3.63) is 79.1 Å². The minimum Gasteiger partial charge on any atom is -0.297 e. The molecule has 108 valence electrons. The minimum absolute atomic E-state index is 0.998. The van der Waals surface area contributed by atoms with Crippen LogP contribution in [0.3, 0.4) is 0 Å². The summed E-state index contributed by atoms with van der Waals surface area (Å²) in [4.78, 5) is 9.35. The summed E-state index contributed by atoms with van der Waals surface area (Å²) in [5.41, 5.74) is 5.24. The second kappa shape index (κ2) is 4.65. The Balaban J connectivity index is 2.02. The van der Waals surface area contributed by atoms with Crippen molar-refractivity contribution < 1.29 is 0 Å². The van der Waals surface area contributed by atoms with Crippen molar-refractivity contribution in [1.29, 1.82) is 0 Å². The third-order valence-electron chi connectivity index (χ3n) is 4.25. The molecule has 0 aliphatic heterocycles. The van der Waals surface area contributed by atoms with Crippen LogP contribution in [0.4, 0.5) is 0 Å². The first-order valence-corrected chi connectivity index (χ1v) is 7.62. The van der Waals surface area contributed by atoms with E-state index in [1.807, 2.05) is 36.7 Å². The van der Waals surface area contributed by atoms with Gasteiger partial charge in [-0.2, -0.15) is 0 Å². The van der Waals surface area contributed by atoms with E-state index in [4.69, 9.17) is 4.98 Å². The van der Waals surface area contributed by atoms with E-state index < -0.39 is 0 Å². The van der Waals surface area contributed by atoms with Crippen LogP contribution in [-0.4, -0.2) is 14.5 Å². The van der Waals surface area contributed by atoms with Gasteiger partial charge in [0.1, 0.15) is 6.33 Å². The van der Waals surface area contributed by atoms with Crippen LogP contribution in [0.2, 0.25) is 0 Å². The Labute approximate surface area is 132 Å². The summed E-state index contributed by atoms with van der Waals surface area (Å²) in [7, 11) is 0. The summed E-state index contributed by atoms with van der Waals surface area (Å²) in [6.07, 6.45) is 1.90. The minimum atomic E-state index is 0.998. The van der Waals surface area contributed by atoms with Crippen LogP contribution >= 0.6 is 0 Å². The molecule has 23 heavy (non-hydrogen) atoms. The lowest BCUT2D eigenvalue weighted by atomic mass is 10.1. The molecule has 0 atom stereocenters. The van der Waals surface area contributed by atoms with Gasteiger partial charge in [-0.1, -0.05) is 48.5 Å². The van der Waals surface area contributed by atoms with Crippen molar-refractivity contribution in [3.63, 3.8) is 0 Å². The Bertz CT molecular complexity index is 1120. The van der Waals surface area contributed by atoms with E-state index in [-0.39, 0.29) is 0 Å². The van der Waals surface area contributed by atoms with Gasteiger partial charge in [0, 0.05) is 10.8 Å². The number of benzene rings is 3. The lowest BCUT2D eigenvalue weighted by molar-refractivity contribution is 1.11. The zero-order chi connectivity index (χ0) is 15.2. The van der Waals surface area contributed by atoms with Gasteiger partial charge in [-0.25, -0.2) is 9.97 Å². The predicted molar refractivity (Wildman–Crippen MR) is 93.9 cm³/mol. The van der Waals surface area contributed by atoms with Crippen LogP contribution < -0.4 is 0 Å². The van der Waals surface area contributed by atoms with E-state index in [0.717, 1.165) is 38.5 Å². The number of rotatable bonds is 1. The highest BCUT2D eigenvalue weighted by atomic mass is 15.1. The maximum absolute atomic E-state index is 4.79. The second-order valence-corrected chi connectivity index (χ2v) is 5.60. The number of hydrogen-bond donors (Lipinski definition) is 0. The number of nitrogens with zero attached hydrogens (tertiary/aromatic N) is 3. The van der Waals surface area contributed by atoms with E-state index in [2.05, 4.69) is 52.0 Å². The number of fused-ring (bicyclic) bond motifs is 3. The summed E-state index contributed by atoms with van der Waals surface area (Å²) in [6.45, 7) is 0. The van der Waals surface area contributed by atoms with Crippen molar-refractivity contribution in [1.82, 2.24) is 14.5 Å². The topological polar surface area (TPSA) is 30.7 Å². The normalized spacial score (nSPS) is 11.5. The highest BCUT2D eigenvalue weighted by Crippen LogP contribution is 2.31. The Morgan fingerprint density at radius 2 is 1.17 bits per heavy atom. The fourth-order valence-electron chi connectivity index (χ4n) is 3.21. The average Bonchev–Trinajstić information content (AvgIpc) is 3.03. The Kier molecular flexibility index (Phi) is 2.50. The van der Waals surface area contributed by atoms with Crippen molar-refractivity contribution in [3.8, 4) is 5.69 Å². The molecule has 0 amide bonds. The maximum atomic E-state index is 4.79. The van der Waals surface area contributed by atoms with E-state index in [1.165, 1.54) is 0 Å². The van der Waals surface area contributed by atoms with Crippen LogP contribution in [0.1, 0.15) is 0 Å². The molecule has 0 saturated heterocycles. The zero-order valence-corrected chi connectivity index (χ0v) is 12.3. The molecule has 0 spiro atoms. The summed E-state index contributed by atoms with van der Waals surface area (Å²) >= 11 is 0. The highest BCUT2D eigenvalue weighted by Gasteiger charge is 2.12. The molecular weight excluding hydrogens is 282 g/mol. The lowest BCUT2D eigenvalue weighted by Gasteiger charge is -2.12. The van der Waals surface area contributed by atoms with Crippen molar-refractivity contribution in [2.75, 3.05) is 0 Å². The molecule has 0 fully saturated rings. The van der Waals surface area contributed by atoms with Crippen LogP contribution in [0, 0.1) is 0 Å². The van der Waals surface area contributed by atoms with Crippen molar-refractivity contribution in [2.24, 2.45) is 0 Å². The van der Waals surface area contributed by atoms with Crippen LogP contribution in [0.25, 0.3) is 38.5 Å². The molecule has 5 rings (SSSR count). The summed E-state index contributed by atoms with van der Waals surface area (Å²) in [6, 6.07) is 24.7. The third-order valence-corrected chi connectivity index (χ3v) is 4.25. The molecule has 0 aliphatic rings. The smallest absolute Gasteiger partial charge is 0.100 e. The Morgan fingerprint density at radius 3 is 1.87 bits per heavy atom. The predicted octanol–water partition coefficient (Wildman–Crippen LogP) is 4.73. The standard InChI is InChI=1S/C20H13N3/c1-3-9-16-14(7-1)20(15-8-2-4-10-17(15)22-16)23-13-21-18-11-5-6-12-19(18)23/h1-13H. The van der Waals surface area contributed by atoms with Crippen molar-refractivity contribution in [2.45, 2.75) is 0 Å². The van der Waals surface area contributed by atoms with Gasteiger partial charge in [-0.15, -0.1) is 0 Å². The lowest BCUT2D eigenvalue weighted by Crippen LogP contribution is -1.97.